The van der Waals surface area contributed by atoms with Crippen LogP contribution in [0.25, 0.3) is 22.5 Å². The molecular formula is C24H23N5O2. The number of nitrogens with one attached hydrogen (secondary N) is 3. The van der Waals surface area contributed by atoms with Crippen LogP contribution in [-0.2, 0) is 6.54 Å². The molecule has 1 heterocycles. The van der Waals surface area contributed by atoms with Crippen molar-refractivity contribution in [1.29, 1.82) is 0 Å². The fourth-order valence-corrected chi connectivity index (χ4v) is 3.46. The predicted octanol–water partition coefficient (Wildman–Crippen LogP) is 4.55. The highest BCUT2D eigenvalue weighted by molar-refractivity contribution is 5.73. The molecule has 4 aromatic rings. The van der Waals surface area contributed by atoms with Crippen LogP contribution in [0.15, 0.2) is 66.7 Å². The molecule has 7 nitrogen and oxygen atoms in total. The SMILES string of the molecule is Oc1ccc(-c2ccc(-c3nc(Nc4cccc(CNC5CC5)c4)n[nH]3)cc2)c(O)c1. The lowest BCUT2D eigenvalue weighted by Gasteiger charge is -2.06. The summed E-state index contributed by atoms with van der Waals surface area (Å²) in [7, 11) is 0. The molecular weight excluding hydrogens is 390 g/mol. The molecule has 7 heteroatoms. The van der Waals surface area contributed by atoms with Crippen LogP contribution in [0, 0.1) is 0 Å². The van der Waals surface area contributed by atoms with Gasteiger partial charge in [-0.25, -0.2) is 0 Å². The topological polar surface area (TPSA) is 106 Å². The predicted molar refractivity (Wildman–Crippen MR) is 120 cm³/mol. The number of aromatic hydroxyl groups is 2. The number of nitrogens with zero attached hydrogens (tertiary/aromatic N) is 2. The molecule has 5 N–H and O–H groups in total. The molecule has 1 saturated carbocycles. The normalized spacial score (nSPS) is 13.3. The van der Waals surface area contributed by atoms with Gasteiger partial charge in [-0.3, -0.25) is 5.10 Å². The minimum absolute atomic E-state index is 0.0317. The Morgan fingerprint density at radius 3 is 2.52 bits per heavy atom. The van der Waals surface area contributed by atoms with Gasteiger partial charge in [-0.15, -0.1) is 5.10 Å². The Bertz CT molecular complexity index is 1200. The van der Waals surface area contributed by atoms with Gasteiger partial charge >= 0.3 is 0 Å². The van der Waals surface area contributed by atoms with E-state index in [1.54, 1.807) is 12.1 Å². The van der Waals surface area contributed by atoms with Crippen LogP contribution in [0.1, 0.15) is 18.4 Å². The molecule has 0 unspecified atom stereocenters. The molecule has 1 aliphatic carbocycles. The third-order valence-electron chi connectivity index (χ3n) is 5.29. The van der Waals surface area contributed by atoms with Crippen LogP contribution in [0.3, 0.4) is 0 Å². The molecule has 0 spiro atoms. The van der Waals surface area contributed by atoms with Crippen LogP contribution in [-0.4, -0.2) is 31.4 Å². The Balaban J connectivity index is 1.28. The van der Waals surface area contributed by atoms with E-state index < -0.39 is 0 Å². The van der Waals surface area contributed by atoms with Crippen molar-refractivity contribution in [2.75, 3.05) is 5.32 Å². The molecule has 3 aromatic carbocycles. The highest BCUT2D eigenvalue weighted by Crippen LogP contribution is 2.33. The van der Waals surface area contributed by atoms with Crippen molar-refractivity contribution in [3.05, 3.63) is 72.3 Å². The molecule has 0 saturated heterocycles. The number of anilines is 2. The quantitative estimate of drug-likeness (QED) is 0.304. The van der Waals surface area contributed by atoms with E-state index >= 15 is 0 Å². The van der Waals surface area contributed by atoms with Crippen molar-refractivity contribution >= 4 is 11.6 Å². The van der Waals surface area contributed by atoms with Gasteiger partial charge in [0.05, 0.1) is 0 Å². The van der Waals surface area contributed by atoms with Gasteiger partial charge in [0, 0.05) is 35.5 Å². The van der Waals surface area contributed by atoms with Crippen molar-refractivity contribution in [3.63, 3.8) is 0 Å². The second-order valence-electron chi connectivity index (χ2n) is 7.77. The van der Waals surface area contributed by atoms with Gasteiger partial charge < -0.3 is 20.8 Å². The van der Waals surface area contributed by atoms with E-state index in [-0.39, 0.29) is 11.5 Å². The molecule has 1 fully saturated rings. The van der Waals surface area contributed by atoms with Crippen LogP contribution in [0.4, 0.5) is 11.6 Å². The molecule has 1 aromatic heterocycles. The number of phenols is 2. The third-order valence-corrected chi connectivity index (χ3v) is 5.29. The number of rotatable bonds is 7. The number of aromatic amines is 1. The molecule has 156 valence electrons. The maximum atomic E-state index is 10.1. The summed E-state index contributed by atoms with van der Waals surface area (Å²) in [5.41, 5.74) is 4.54. The lowest BCUT2D eigenvalue weighted by Crippen LogP contribution is -2.15. The largest absolute Gasteiger partial charge is 0.508 e. The number of phenolic OH excluding ortho intramolecular Hbond substituents is 2. The molecule has 31 heavy (non-hydrogen) atoms. The smallest absolute Gasteiger partial charge is 0.246 e. The first-order valence-electron chi connectivity index (χ1n) is 10.3. The van der Waals surface area contributed by atoms with Gasteiger partial charge in [-0.2, -0.15) is 4.98 Å². The van der Waals surface area contributed by atoms with Crippen molar-refractivity contribution in [3.8, 4) is 34.0 Å². The Hall–Kier alpha value is -3.84. The summed E-state index contributed by atoms with van der Waals surface area (Å²) in [4.78, 5) is 4.55. The third kappa shape index (κ3) is 4.51. The maximum Gasteiger partial charge on any atom is 0.246 e. The number of benzene rings is 3. The average molecular weight is 413 g/mol. The highest BCUT2D eigenvalue weighted by atomic mass is 16.3. The van der Waals surface area contributed by atoms with Crippen LogP contribution in [0.5, 0.6) is 11.5 Å². The van der Waals surface area contributed by atoms with Gasteiger partial charge in [0.1, 0.15) is 11.5 Å². The van der Waals surface area contributed by atoms with Gasteiger partial charge in [-0.05, 0) is 48.2 Å². The molecule has 0 radical (unpaired) electrons. The van der Waals surface area contributed by atoms with E-state index in [1.165, 1.54) is 24.5 Å². The zero-order valence-corrected chi connectivity index (χ0v) is 16.8. The van der Waals surface area contributed by atoms with Crippen LogP contribution in [0.2, 0.25) is 0 Å². The minimum atomic E-state index is 0.0317. The second kappa shape index (κ2) is 8.12. The zero-order valence-electron chi connectivity index (χ0n) is 16.8. The molecule has 0 bridgehead atoms. The summed E-state index contributed by atoms with van der Waals surface area (Å²) in [6, 6.07) is 21.1. The molecule has 0 atom stereocenters. The minimum Gasteiger partial charge on any atom is -0.508 e. The molecule has 0 aliphatic heterocycles. The van der Waals surface area contributed by atoms with Crippen molar-refractivity contribution in [2.24, 2.45) is 0 Å². The summed E-state index contributed by atoms with van der Waals surface area (Å²) in [6.07, 6.45) is 2.55. The summed E-state index contributed by atoms with van der Waals surface area (Å²) in [5, 5.41) is 33.5. The number of H-pyrrole nitrogens is 1. The Kier molecular flexibility index (Phi) is 5.01. The summed E-state index contributed by atoms with van der Waals surface area (Å²) in [6.45, 7) is 0.863. The fourth-order valence-electron chi connectivity index (χ4n) is 3.46. The average Bonchev–Trinajstić information content (AvgIpc) is 3.50. The summed E-state index contributed by atoms with van der Waals surface area (Å²) >= 11 is 0. The number of aromatic nitrogens is 3. The molecule has 0 amide bonds. The van der Waals surface area contributed by atoms with Gasteiger partial charge in [0.15, 0.2) is 5.82 Å². The van der Waals surface area contributed by atoms with Crippen LogP contribution >= 0.6 is 0 Å². The monoisotopic (exact) mass is 413 g/mol. The van der Waals surface area contributed by atoms with E-state index in [2.05, 4.69) is 37.9 Å². The Morgan fingerprint density at radius 1 is 0.935 bits per heavy atom. The fraction of sp³-hybridized carbons (Fsp3) is 0.167. The highest BCUT2D eigenvalue weighted by Gasteiger charge is 2.19. The number of hydrogen-bond acceptors (Lipinski definition) is 6. The lowest BCUT2D eigenvalue weighted by atomic mass is 10.0. The Morgan fingerprint density at radius 2 is 1.74 bits per heavy atom. The lowest BCUT2D eigenvalue weighted by molar-refractivity contribution is 0.452. The van der Waals surface area contributed by atoms with E-state index in [9.17, 15) is 10.2 Å². The van der Waals surface area contributed by atoms with Crippen molar-refractivity contribution in [2.45, 2.75) is 25.4 Å². The Labute approximate surface area is 179 Å². The van der Waals surface area contributed by atoms with E-state index in [0.29, 0.717) is 23.4 Å². The summed E-state index contributed by atoms with van der Waals surface area (Å²) < 4.78 is 0. The summed E-state index contributed by atoms with van der Waals surface area (Å²) in [5.74, 6) is 1.22. The maximum absolute atomic E-state index is 10.1. The van der Waals surface area contributed by atoms with E-state index in [1.807, 2.05) is 36.4 Å². The van der Waals surface area contributed by atoms with Crippen molar-refractivity contribution in [1.82, 2.24) is 20.5 Å². The zero-order chi connectivity index (χ0) is 21.2. The van der Waals surface area contributed by atoms with E-state index in [0.717, 1.165) is 23.4 Å². The number of hydrogen-bond donors (Lipinski definition) is 5. The second-order valence-corrected chi connectivity index (χ2v) is 7.77. The molecule has 1 aliphatic rings. The van der Waals surface area contributed by atoms with E-state index in [4.69, 9.17) is 0 Å². The first-order chi connectivity index (χ1) is 15.1. The van der Waals surface area contributed by atoms with Gasteiger partial charge in [-0.1, -0.05) is 36.4 Å². The molecule has 5 rings (SSSR count). The standard InChI is InChI=1S/C24H23N5O2/c30-20-10-11-21(22(31)13-20)16-4-6-17(7-5-16)23-27-24(29-28-23)26-19-3-1-2-15(12-19)14-25-18-8-9-18/h1-7,10-13,18,25,30-31H,8-9,14H2,(H2,26,27,28,29). The van der Waals surface area contributed by atoms with Crippen LogP contribution < -0.4 is 10.6 Å². The van der Waals surface area contributed by atoms with Crippen molar-refractivity contribution < 1.29 is 10.2 Å². The van der Waals surface area contributed by atoms with Gasteiger partial charge in [0.2, 0.25) is 5.95 Å². The first kappa shape index (κ1) is 19.1. The first-order valence-corrected chi connectivity index (χ1v) is 10.3. The van der Waals surface area contributed by atoms with Gasteiger partial charge in [0.25, 0.3) is 0 Å².